The molecule has 0 heterocycles. The lowest BCUT2D eigenvalue weighted by Crippen LogP contribution is -2.52. The zero-order valence-corrected chi connectivity index (χ0v) is 14.6. The lowest BCUT2D eigenvalue weighted by molar-refractivity contribution is -0.0665. The van der Waals surface area contributed by atoms with Gasteiger partial charge in [-0.3, -0.25) is 0 Å². The molecule has 0 radical (unpaired) electrons. The van der Waals surface area contributed by atoms with Crippen molar-refractivity contribution < 1.29 is 0 Å². The fourth-order valence-electron chi connectivity index (χ4n) is 7.04. The molecule has 0 aromatic heterocycles. The monoisotopic (exact) mass is 296 g/mol. The number of hydrogen-bond acceptors (Lipinski definition) is 0. The summed E-state index contributed by atoms with van der Waals surface area (Å²) in [5, 5.41) is 0. The summed E-state index contributed by atoms with van der Waals surface area (Å²) >= 11 is 0. The van der Waals surface area contributed by atoms with Gasteiger partial charge in [-0.2, -0.15) is 0 Å². The van der Waals surface area contributed by atoms with E-state index in [1.54, 1.807) is 11.1 Å². The Morgan fingerprint density at radius 3 is 2.45 bits per heavy atom. The van der Waals surface area contributed by atoms with Crippen LogP contribution in [0, 0.1) is 34.5 Å². The molecule has 0 aromatic carbocycles. The highest BCUT2D eigenvalue weighted by atomic mass is 14.6. The van der Waals surface area contributed by atoms with Crippen LogP contribution in [0.1, 0.15) is 65.2 Å². The van der Waals surface area contributed by atoms with E-state index in [0.29, 0.717) is 16.7 Å². The molecule has 0 spiro atoms. The molecule has 0 amide bonds. The second kappa shape index (κ2) is 4.62. The fraction of sp³-hybridized carbons (Fsp3) is 0.727. The Balaban J connectivity index is 1.71. The molecule has 4 fully saturated rings. The van der Waals surface area contributed by atoms with E-state index >= 15 is 0 Å². The van der Waals surface area contributed by atoms with E-state index in [2.05, 4.69) is 33.6 Å². The molecule has 4 aliphatic carbocycles. The van der Waals surface area contributed by atoms with Crippen molar-refractivity contribution >= 4 is 0 Å². The second-order valence-electron chi connectivity index (χ2n) is 9.35. The van der Waals surface area contributed by atoms with Crippen molar-refractivity contribution in [1.29, 1.82) is 0 Å². The Bertz CT molecular complexity index is 552. The van der Waals surface area contributed by atoms with Crippen LogP contribution in [0.25, 0.3) is 0 Å². The highest BCUT2D eigenvalue weighted by molar-refractivity contribution is 5.27. The zero-order chi connectivity index (χ0) is 15.7. The fourth-order valence-corrected chi connectivity index (χ4v) is 7.04. The molecule has 4 unspecified atom stereocenters. The van der Waals surface area contributed by atoms with Crippen molar-refractivity contribution in [2.45, 2.75) is 65.2 Å². The SMILES string of the molecule is C=C1CC[C@@]2(C)C(C1)C(=C)CC1C2CC[C@]2(C)C(=C)CCC12. The minimum absolute atomic E-state index is 0.433. The van der Waals surface area contributed by atoms with Crippen molar-refractivity contribution in [3.63, 3.8) is 0 Å². The van der Waals surface area contributed by atoms with Crippen LogP contribution >= 0.6 is 0 Å². The van der Waals surface area contributed by atoms with Crippen LogP contribution in [0.15, 0.2) is 36.5 Å². The van der Waals surface area contributed by atoms with Crippen LogP contribution in [0.4, 0.5) is 0 Å². The van der Waals surface area contributed by atoms with Crippen LogP contribution in [0.2, 0.25) is 0 Å². The van der Waals surface area contributed by atoms with E-state index in [0.717, 1.165) is 17.8 Å². The van der Waals surface area contributed by atoms with Crippen molar-refractivity contribution in [2.24, 2.45) is 34.5 Å². The number of hydrogen-bond donors (Lipinski definition) is 0. The van der Waals surface area contributed by atoms with Gasteiger partial charge >= 0.3 is 0 Å². The molecule has 0 heteroatoms. The first-order valence-corrected chi connectivity index (χ1v) is 9.39. The first-order valence-electron chi connectivity index (χ1n) is 9.39. The third-order valence-corrected chi connectivity index (χ3v) is 8.54. The van der Waals surface area contributed by atoms with Crippen LogP contribution < -0.4 is 0 Å². The van der Waals surface area contributed by atoms with E-state index in [1.807, 2.05) is 0 Å². The normalized spacial score (nSPS) is 51.3. The molecule has 0 bridgehead atoms. The third kappa shape index (κ3) is 1.76. The van der Waals surface area contributed by atoms with Crippen molar-refractivity contribution in [2.75, 3.05) is 0 Å². The van der Waals surface area contributed by atoms with Crippen molar-refractivity contribution in [3.05, 3.63) is 36.5 Å². The highest BCUT2D eigenvalue weighted by Gasteiger charge is 2.59. The lowest BCUT2D eigenvalue weighted by Gasteiger charge is -2.60. The van der Waals surface area contributed by atoms with E-state index in [4.69, 9.17) is 0 Å². The first-order chi connectivity index (χ1) is 10.4. The van der Waals surface area contributed by atoms with E-state index in [9.17, 15) is 0 Å². The van der Waals surface area contributed by atoms with Gasteiger partial charge in [0.15, 0.2) is 0 Å². The minimum atomic E-state index is 0.433. The summed E-state index contributed by atoms with van der Waals surface area (Å²) in [5.74, 6) is 3.38. The van der Waals surface area contributed by atoms with Crippen molar-refractivity contribution in [3.8, 4) is 0 Å². The van der Waals surface area contributed by atoms with Crippen molar-refractivity contribution in [1.82, 2.24) is 0 Å². The topological polar surface area (TPSA) is 0 Å². The number of rotatable bonds is 0. The largest absolute Gasteiger partial charge is 0.0998 e. The molecule has 120 valence electrons. The van der Waals surface area contributed by atoms with Gasteiger partial charge in [0, 0.05) is 0 Å². The van der Waals surface area contributed by atoms with Crippen LogP contribution in [-0.2, 0) is 0 Å². The first kappa shape index (κ1) is 14.8. The smallest absolute Gasteiger partial charge is 0.00878 e. The van der Waals surface area contributed by atoms with E-state index in [-0.39, 0.29) is 0 Å². The van der Waals surface area contributed by atoms with Crippen LogP contribution in [0.5, 0.6) is 0 Å². The molecular weight excluding hydrogens is 264 g/mol. The Hall–Kier alpha value is -0.780. The summed E-state index contributed by atoms with van der Waals surface area (Å²) in [4.78, 5) is 0. The molecule has 4 aliphatic rings. The standard InChI is InChI=1S/C22H32/c1-14-8-10-22(5)19-9-11-21(4)16(3)6-7-18(21)17(19)13-15(2)20(22)12-14/h17-20H,1-3,6-13H2,4-5H3/t17?,18?,19?,20?,21-,22-/m1/s1. The average Bonchev–Trinajstić information content (AvgIpc) is 2.77. The summed E-state index contributed by atoms with van der Waals surface area (Å²) < 4.78 is 0. The molecule has 0 N–H and O–H groups in total. The quantitative estimate of drug-likeness (QED) is 0.460. The van der Waals surface area contributed by atoms with Crippen LogP contribution in [-0.4, -0.2) is 0 Å². The molecule has 0 aromatic rings. The predicted molar refractivity (Wildman–Crippen MR) is 94.5 cm³/mol. The van der Waals surface area contributed by atoms with Gasteiger partial charge in [0.05, 0.1) is 0 Å². The Morgan fingerprint density at radius 1 is 0.909 bits per heavy atom. The maximum absolute atomic E-state index is 4.56. The molecule has 4 rings (SSSR count). The molecule has 0 aliphatic heterocycles. The highest BCUT2D eigenvalue weighted by Crippen LogP contribution is 2.68. The van der Waals surface area contributed by atoms with Gasteiger partial charge in [-0.25, -0.2) is 0 Å². The third-order valence-electron chi connectivity index (χ3n) is 8.54. The van der Waals surface area contributed by atoms with Gasteiger partial charge in [-0.15, -0.1) is 0 Å². The minimum Gasteiger partial charge on any atom is -0.0998 e. The van der Waals surface area contributed by atoms with E-state index < -0.39 is 0 Å². The molecule has 0 saturated heterocycles. The van der Waals surface area contributed by atoms with Gasteiger partial charge in [-0.1, -0.05) is 50.3 Å². The molecule has 4 saturated carbocycles. The second-order valence-corrected chi connectivity index (χ2v) is 9.35. The van der Waals surface area contributed by atoms with Crippen LogP contribution in [0.3, 0.4) is 0 Å². The molecule has 22 heavy (non-hydrogen) atoms. The van der Waals surface area contributed by atoms with Gasteiger partial charge < -0.3 is 0 Å². The number of fused-ring (bicyclic) bond motifs is 5. The van der Waals surface area contributed by atoms with Gasteiger partial charge in [0.1, 0.15) is 0 Å². The number of allylic oxidation sites excluding steroid dienone is 3. The van der Waals surface area contributed by atoms with E-state index in [1.165, 1.54) is 56.9 Å². The van der Waals surface area contributed by atoms with Gasteiger partial charge in [0.2, 0.25) is 0 Å². The Labute approximate surface area is 136 Å². The van der Waals surface area contributed by atoms with Gasteiger partial charge in [-0.05, 0) is 85.9 Å². The average molecular weight is 296 g/mol. The van der Waals surface area contributed by atoms with Gasteiger partial charge in [0.25, 0.3) is 0 Å². The maximum atomic E-state index is 4.56. The maximum Gasteiger partial charge on any atom is -0.00878 e. The Morgan fingerprint density at radius 2 is 1.68 bits per heavy atom. The summed E-state index contributed by atoms with van der Waals surface area (Å²) in [6.45, 7) is 18.4. The molecular formula is C22H32. The molecule has 0 nitrogen and oxygen atoms in total. The zero-order valence-electron chi connectivity index (χ0n) is 14.6. The summed E-state index contributed by atoms with van der Waals surface area (Å²) in [6.07, 6.45) is 10.6. The predicted octanol–water partition coefficient (Wildman–Crippen LogP) is 6.31. The summed E-state index contributed by atoms with van der Waals surface area (Å²) in [7, 11) is 0. The Kier molecular flexibility index (Phi) is 3.10. The summed E-state index contributed by atoms with van der Waals surface area (Å²) in [6, 6.07) is 0. The lowest BCUT2D eigenvalue weighted by atomic mass is 9.44. The summed E-state index contributed by atoms with van der Waals surface area (Å²) in [5.41, 5.74) is 5.49. The molecule has 6 atom stereocenters.